The SMILES string of the molecule is Cc1ccc(C)c(S(=O)(=O)[C@H](CNC(=O)C2CCCCC2)c2cccs2)c1. The van der Waals surface area contributed by atoms with Crippen molar-refractivity contribution in [2.45, 2.75) is 56.1 Å². The molecule has 2 aromatic rings. The third-order valence-electron chi connectivity index (χ3n) is 5.32. The van der Waals surface area contributed by atoms with Gasteiger partial charge in [0.15, 0.2) is 9.84 Å². The summed E-state index contributed by atoms with van der Waals surface area (Å²) >= 11 is 1.42. The van der Waals surface area contributed by atoms with E-state index in [1.165, 1.54) is 17.8 Å². The Morgan fingerprint density at radius 1 is 1.19 bits per heavy atom. The molecule has 1 aromatic heterocycles. The second-order valence-electron chi connectivity index (χ2n) is 7.40. The largest absolute Gasteiger partial charge is 0.354 e. The Hall–Kier alpha value is -1.66. The number of aryl methyl sites for hydroxylation is 2. The predicted molar refractivity (Wildman–Crippen MR) is 110 cm³/mol. The lowest BCUT2D eigenvalue weighted by atomic mass is 9.89. The average molecular weight is 406 g/mol. The minimum atomic E-state index is -3.61. The average Bonchev–Trinajstić information content (AvgIpc) is 3.18. The maximum absolute atomic E-state index is 13.4. The molecule has 0 unspecified atom stereocenters. The van der Waals surface area contributed by atoms with Crippen molar-refractivity contribution in [3.05, 3.63) is 51.7 Å². The lowest BCUT2D eigenvalue weighted by Crippen LogP contribution is -2.36. The molecule has 0 spiro atoms. The van der Waals surface area contributed by atoms with Crippen LogP contribution in [0.2, 0.25) is 0 Å². The number of benzene rings is 1. The molecular weight excluding hydrogens is 378 g/mol. The van der Waals surface area contributed by atoms with Gasteiger partial charge in [-0.05, 0) is 55.3 Å². The van der Waals surface area contributed by atoms with Crippen LogP contribution in [0.5, 0.6) is 0 Å². The van der Waals surface area contributed by atoms with Crippen LogP contribution in [0.1, 0.15) is 53.4 Å². The van der Waals surface area contributed by atoms with E-state index in [-0.39, 0.29) is 18.4 Å². The highest BCUT2D eigenvalue weighted by Gasteiger charge is 2.32. The molecule has 1 fully saturated rings. The summed E-state index contributed by atoms with van der Waals surface area (Å²) in [6.07, 6.45) is 5.14. The van der Waals surface area contributed by atoms with E-state index in [2.05, 4.69) is 5.32 Å². The Morgan fingerprint density at radius 3 is 2.59 bits per heavy atom. The van der Waals surface area contributed by atoms with Gasteiger partial charge in [0.1, 0.15) is 5.25 Å². The van der Waals surface area contributed by atoms with E-state index in [0.717, 1.165) is 41.7 Å². The van der Waals surface area contributed by atoms with Crippen molar-refractivity contribution >= 4 is 27.1 Å². The number of sulfone groups is 1. The summed E-state index contributed by atoms with van der Waals surface area (Å²) in [5, 5.41) is 4.06. The topological polar surface area (TPSA) is 63.2 Å². The van der Waals surface area contributed by atoms with E-state index in [1.807, 2.05) is 43.5 Å². The summed E-state index contributed by atoms with van der Waals surface area (Å²) in [6.45, 7) is 3.83. The standard InChI is InChI=1S/C21H27NO3S2/c1-15-10-11-16(2)19(13-15)27(24,25)20(18-9-6-12-26-18)14-22-21(23)17-7-4-3-5-8-17/h6,9-13,17,20H,3-5,7-8,14H2,1-2H3,(H,22,23)/t20-/m1/s1. The van der Waals surface area contributed by atoms with Crippen LogP contribution >= 0.6 is 11.3 Å². The zero-order chi connectivity index (χ0) is 19.4. The molecule has 1 atom stereocenters. The Bertz CT molecular complexity index is 882. The number of hydrogen-bond acceptors (Lipinski definition) is 4. The first-order valence-corrected chi connectivity index (χ1v) is 11.9. The second-order valence-corrected chi connectivity index (χ2v) is 10.5. The molecule has 1 aromatic carbocycles. The van der Waals surface area contributed by atoms with Crippen molar-refractivity contribution in [3.63, 3.8) is 0 Å². The third-order valence-corrected chi connectivity index (χ3v) is 8.68. The zero-order valence-electron chi connectivity index (χ0n) is 15.9. The van der Waals surface area contributed by atoms with Crippen LogP contribution in [0.3, 0.4) is 0 Å². The molecule has 1 heterocycles. The molecule has 0 radical (unpaired) electrons. The Labute approximate surface area is 165 Å². The molecule has 1 N–H and O–H groups in total. The molecule has 0 bridgehead atoms. The van der Waals surface area contributed by atoms with E-state index in [1.54, 1.807) is 6.07 Å². The zero-order valence-corrected chi connectivity index (χ0v) is 17.5. The predicted octanol–water partition coefficient (Wildman–Crippen LogP) is 4.58. The van der Waals surface area contributed by atoms with E-state index in [0.29, 0.717) is 4.90 Å². The molecule has 1 aliphatic rings. The molecule has 0 saturated heterocycles. The molecule has 3 rings (SSSR count). The quantitative estimate of drug-likeness (QED) is 0.765. The van der Waals surface area contributed by atoms with E-state index in [9.17, 15) is 13.2 Å². The molecule has 1 aliphatic carbocycles. The van der Waals surface area contributed by atoms with Gasteiger partial charge in [0, 0.05) is 17.3 Å². The molecular formula is C21H27NO3S2. The van der Waals surface area contributed by atoms with Crippen LogP contribution < -0.4 is 5.32 Å². The summed E-state index contributed by atoms with van der Waals surface area (Å²) in [7, 11) is -3.61. The monoisotopic (exact) mass is 405 g/mol. The number of carbonyl (C=O) groups excluding carboxylic acids is 1. The third kappa shape index (κ3) is 4.61. The summed E-state index contributed by atoms with van der Waals surface area (Å²) in [5.41, 5.74) is 1.65. The van der Waals surface area contributed by atoms with Gasteiger partial charge in [0.25, 0.3) is 0 Å². The van der Waals surface area contributed by atoms with Gasteiger partial charge in [0.05, 0.1) is 4.90 Å². The van der Waals surface area contributed by atoms with Gasteiger partial charge in [-0.15, -0.1) is 11.3 Å². The van der Waals surface area contributed by atoms with Crippen molar-refractivity contribution < 1.29 is 13.2 Å². The van der Waals surface area contributed by atoms with Crippen LogP contribution in [0, 0.1) is 19.8 Å². The highest BCUT2D eigenvalue weighted by molar-refractivity contribution is 7.92. The molecule has 6 heteroatoms. The summed E-state index contributed by atoms with van der Waals surface area (Å²) in [5.74, 6) is 0.0126. The van der Waals surface area contributed by atoms with Crippen LogP contribution in [0.25, 0.3) is 0 Å². The number of thiophene rings is 1. The molecule has 1 saturated carbocycles. The van der Waals surface area contributed by atoms with Crippen molar-refractivity contribution in [1.29, 1.82) is 0 Å². The molecule has 1 amide bonds. The molecule has 4 nitrogen and oxygen atoms in total. The number of rotatable bonds is 6. The van der Waals surface area contributed by atoms with Gasteiger partial charge in [-0.25, -0.2) is 8.42 Å². The lowest BCUT2D eigenvalue weighted by Gasteiger charge is -2.23. The maximum atomic E-state index is 13.4. The van der Waals surface area contributed by atoms with Crippen molar-refractivity contribution in [2.75, 3.05) is 6.54 Å². The van der Waals surface area contributed by atoms with Crippen LogP contribution in [0.4, 0.5) is 0 Å². The summed E-state index contributed by atoms with van der Waals surface area (Å²) in [6, 6.07) is 9.18. The molecule has 27 heavy (non-hydrogen) atoms. The van der Waals surface area contributed by atoms with Gasteiger partial charge in [0.2, 0.25) is 5.91 Å². The van der Waals surface area contributed by atoms with Crippen molar-refractivity contribution in [3.8, 4) is 0 Å². The number of carbonyl (C=O) groups is 1. The van der Waals surface area contributed by atoms with Gasteiger partial charge < -0.3 is 5.32 Å². The highest BCUT2D eigenvalue weighted by atomic mass is 32.2. The first-order chi connectivity index (χ1) is 12.9. The maximum Gasteiger partial charge on any atom is 0.223 e. The van der Waals surface area contributed by atoms with Crippen LogP contribution in [-0.4, -0.2) is 20.9 Å². The van der Waals surface area contributed by atoms with Crippen LogP contribution in [-0.2, 0) is 14.6 Å². The highest BCUT2D eigenvalue weighted by Crippen LogP contribution is 2.33. The van der Waals surface area contributed by atoms with Crippen molar-refractivity contribution in [2.24, 2.45) is 5.92 Å². The van der Waals surface area contributed by atoms with Gasteiger partial charge in [-0.2, -0.15) is 0 Å². The molecule has 146 valence electrons. The number of hydrogen-bond donors (Lipinski definition) is 1. The fourth-order valence-corrected chi connectivity index (χ4v) is 6.82. The molecule has 0 aliphatic heterocycles. The first-order valence-electron chi connectivity index (χ1n) is 9.52. The summed E-state index contributed by atoms with van der Waals surface area (Å²) in [4.78, 5) is 13.7. The minimum Gasteiger partial charge on any atom is -0.354 e. The van der Waals surface area contributed by atoms with E-state index in [4.69, 9.17) is 0 Å². The van der Waals surface area contributed by atoms with E-state index < -0.39 is 15.1 Å². The lowest BCUT2D eigenvalue weighted by molar-refractivity contribution is -0.125. The Balaban J connectivity index is 1.85. The smallest absolute Gasteiger partial charge is 0.223 e. The second kappa shape index (κ2) is 8.57. The van der Waals surface area contributed by atoms with Gasteiger partial charge in [-0.3, -0.25) is 4.79 Å². The van der Waals surface area contributed by atoms with E-state index >= 15 is 0 Å². The normalized spacial score (nSPS) is 16.8. The number of amides is 1. The van der Waals surface area contributed by atoms with Crippen molar-refractivity contribution in [1.82, 2.24) is 5.32 Å². The summed E-state index contributed by atoms with van der Waals surface area (Å²) < 4.78 is 26.9. The number of nitrogens with one attached hydrogen (secondary N) is 1. The fourth-order valence-electron chi connectivity index (χ4n) is 3.71. The van der Waals surface area contributed by atoms with Gasteiger partial charge >= 0.3 is 0 Å². The Morgan fingerprint density at radius 2 is 1.93 bits per heavy atom. The van der Waals surface area contributed by atoms with Crippen LogP contribution in [0.15, 0.2) is 40.6 Å². The fraction of sp³-hybridized carbons (Fsp3) is 0.476. The van der Waals surface area contributed by atoms with Gasteiger partial charge in [-0.1, -0.05) is 37.5 Å². The first kappa shape index (κ1) is 20.1. The Kier molecular flexibility index (Phi) is 6.37. The minimum absolute atomic E-state index is 0.00702.